The number of thiophene rings is 1. The molecule has 0 aliphatic carbocycles. The van der Waals surface area contributed by atoms with Crippen molar-refractivity contribution in [2.75, 3.05) is 6.54 Å². The molecule has 0 amide bonds. The number of aryl methyl sites for hydroxylation is 1. The van der Waals surface area contributed by atoms with E-state index in [2.05, 4.69) is 39.4 Å². The van der Waals surface area contributed by atoms with Gasteiger partial charge in [0.1, 0.15) is 0 Å². The molecule has 1 atom stereocenters. The topological polar surface area (TPSA) is 37.8 Å². The first kappa shape index (κ1) is 11.7. The molecule has 0 spiro atoms. The van der Waals surface area contributed by atoms with Gasteiger partial charge in [0, 0.05) is 4.88 Å². The Morgan fingerprint density at radius 1 is 1.50 bits per heavy atom. The summed E-state index contributed by atoms with van der Waals surface area (Å²) in [5.74, 6) is 0. The second-order valence-corrected chi connectivity index (χ2v) is 5.33. The molecular weight excluding hydrogens is 238 g/mol. The first-order valence-corrected chi connectivity index (χ1v) is 6.98. The minimum atomic E-state index is 0.199. The standard InChI is InChI=1S/C11H15N3S2/c1-3-5-12-11(10-7-13-16-14-10)9-4-6-15-8(9)2/h4,6-7,11-12H,3,5H2,1-2H3. The van der Waals surface area contributed by atoms with E-state index in [0.29, 0.717) is 0 Å². The van der Waals surface area contributed by atoms with Crippen molar-refractivity contribution in [2.24, 2.45) is 0 Å². The Balaban J connectivity index is 2.25. The molecule has 86 valence electrons. The van der Waals surface area contributed by atoms with Crippen LogP contribution < -0.4 is 5.32 Å². The minimum Gasteiger partial charge on any atom is -0.305 e. The molecule has 0 aliphatic rings. The van der Waals surface area contributed by atoms with Gasteiger partial charge in [0.15, 0.2) is 0 Å². The monoisotopic (exact) mass is 253 g/mol. The lowest BCUT2D eigenvalue weighted by molar-refractivity contribution is 0.589. The summed E-state index contributed by atoms with van der Waals surface area (Å²) < 4.78 is 8.42. The van der Waals surface area contributed by atoms with Crippen LogP contribution in [0.3, 0.4) is 0 Å². The fraction of sp³-hybridized carbons (Fsp3) is 0.455. The molecule has 0 radical (unpaired) electrons. The van der Waals surface area contributed by atoms with E-state index in [1.54, 1.807) is 11.3 Å². The Kier molecular flexibility index (Phi) is 4.04. The third-order valence-electron chi connectivity index (χ3n) is 2.48. The molecule has 2 heterocycles. The summed E-state index contributed by atoms with van der Waals surface area (Å²) in [5.41, 5.74) is 2.35. The van der Waals surface area contributed by atoms with Gasteiger partial charge in [0.05, 0.1) is 29.7 Å². The zero-order valence-corrected chi connectivity index (χ0v) is 11.1. The van der Waals surface area contributed by atoms with Crippen LogP contribution >= 0.6 is 23.1 Å². The predicted octanol–water partition coefficient (Wildman–Crippen LogP) is 3.00. The van der Waals surface area contributed by atoms with Crippen LogP contribution in [0.15, 0.2) is 17.6 Å². The molecule has 0 aromatic carbocycles. The summed E-state index contributed by atoms with van der Waals surface area (Å²) in [6, 6.07) is 2.37. The van der Waals surface area contributed by atoms with Crippen molar-refractivity contribution in [3.8, 4) is 0 Å². The second-order valence-electron chi connectivity index (χ2n) is 3.65. The van der Waals surface area contributed by atoms with Crippen molar-refractivity contribution in [2.45, 2.75) is 26.3 Å². The van der Waals surface area contributed by atoms with Gasteiger partial charge in [-0.3, -0.25) is 0 Å². The van der Waals surface area contributed by atoms with Crippen LogP contribution in [0.2, 0.25) is 0 Å². The van der Waals surface area contributed by atoms with E-state index in [1.165, 1.54) is 22.2 Å². The second kappa shape index (κ2) is 5.52. The van der Waals surface area contributed by atoms with Gasteiger partial charge in [-0.25, -0.2) is 0 Å². The van der Waals surface area contributed by atoms with Crippen LogP contribution in [0.5, 0.6) is 0 Å². The number of aromatic nitrogens is 2. The van der Waals surface area contributed by atoms with E-state index in [-0.39, 0.29) is 6.04 Å². The van der Waals surface area contributed by atoms with Crippen molar-refractivity contribution in [3.05, 3.63) is 33.8 Å². The van der Waals surface area contributed by atoms with Gasteiger partial charge in [-0.05, 0) is 36.9 Å². The van der Waals surface area contributed by atoms with Crippen LogP contribution in [-0.4, -0.2) is 15.3 Å². The van der Waals surface area contributed by atoms with Crippen LogP contribution in [0, 0.1) is 6.92 Å². The van der Waals surface area contributed by atoms with Gasteiger partial charge >= 0.3 is 0 Å². The Hall–Kier alpha value is -0.780. The molecule has 0 fully saturated rings. The number of hydrogen-bond acceptors (Lipinski definition) is 5. The summed E-state index contributed by atoms with van der Waals surface area (Å²) >= 11 is 3.05. The number of nitrogens with zero attached hydrogens (tertiary/aromatic N) is 2. The highest BCUT2D eigenvalue weighted by Crippen LogP contribution is 2.27. The van der Waals surface area contributed by atoms with Crippen LogP contribution in [0.1, 0.15) is 35.5 Å². The number of hydrogen-bond donors (Lipinski definition) is 1. The Bertz CT molecular complexity index is 422. The fourth-order valence-electron chi connectivity index (χ4n) is 1.66. The number of rotatable bonds is 5. The summed E-state index contributed by atoms with van der Waals surface area (Å²) in [4.78, 5) is 1.35. The maximum absolute atomic E-state index is 4.34. The van der Waals surface area contributed by atoms with Gasteiger partial charge in [-0.2, -0.15) is 8.75 Å². The molecule has 1 N–H and O–H groups in total. The number of nitrogens with one attached hydrogen (secondary N) is 1. The molecule has 2 rings (SSSR count). The highest BCUT2D eigenvalue weighted by atomic mass is 32.1. The predicted molar refractivity (Wildman–Crippen MR) is 69.1 cm³/mol. The average molecular weight is 253 g/mol. The maximum atomic E-state index is 4.34. The summed E-state index contributed by atoms with van der Waals surface area (Å²) in [7, 11) is 0. The highest BCUT2D eigenvalue weighted by Gasteiger charge is 2.18. The zero-order chi connectivity index (χ0) is 11.4. The van der Waals surface area contributed by atoms with Crippen molar-refractivity contribution in [1.82, 2.24) is 14.1 Å². The molecule has 2 aromatic rings. The van der Waals surface area contributed by atoms with E-state index in [4.69, 9.17) is 0 Å². The molecule has 16 heavy (non-hydrogen) atoms. The van der Waals surface area contributed by atoms with E-state index in [1.807, 2.05) is 6.20 Å². The Labute approximate surface area is 104 Å². The van der Waals surface area contributed by atoms with Gasteiger partial charge in [0.2, 0.25) is 0 Å². The molecule has 5 heteroatoms. The quantitative estimate of drug-likeness (QED) is 0.890. The van der Waals surface area contributed by atoms with Gasteiger partial charge in [-0.1, -0.05) is 6.92 Å². The minimum absolute atomic E-state index is 0.199. The summed E-state index contributed by atoms with van der Waals surface area (Å²) in [6.45, 7) is 5.32. The van der Waals surface area contributed by atoms with E-state index >= 15 is 0 Å². The summed E-state index contributed by atoms with van der Waals surface area (Å²) in [5, 5.41) is 5.66. The van der Waals surface area contributed by atoms with E-state index in [0.717, 1.165) is 18.7 Å². The van der Waals surface area contributed by atoms with Crippen molar-refractivity contribution < 1.29 is 0 Å². The SMILES string of the molecule is CCCNC(c1cnsn1)c1ccsc1C. The van der Waals surface area contributed by atoms with E-state index in [9.17, 15) is 0 Å². The van der Waals surface area contributed by atoms with E-state index < -0.39 is 0 Å². The Morgan fingerprint density at radius 3 is 2.94 bits per heavy atom. The fourth-order valence-corrected chi connectivity index (χ4v) is 2.85. The third-order valence-corrected chi connectivity index (χ3v) is 3.84. The van der Waals surface area contributed by atoms with Crippen molar-refractivity contribution in [3.63, 3.8) is 0 Å². The lowest BCUT2D eigenvalue weighted by Crippen LogP contribution is -2.23. The lowest BCUT2D eigenvalue weighted by Gasteiger charge is -2.15. The first-order valence-electron chi connectivity index (χ1n) is 5.37. The van der Waals surface area contributed by atoms with Gasteiger partial charge in [-0.15, -0.1) is 11.3 Å². The molecule has 2 aromatic heterocycles. The van der Waals surface area contributed by atoms with Gasteiger partial charge in [0.25, 0.3) is 0 Å². The van der Waals surface area contributed by atoms with Gasteiger partial charge < -0.3 is 5.32 Å². The third kappa shape index (κ3) is 2.48. The van der Waals surface area contributed by atoms with Crippen LogP contribution in [-0.2, 0) is 0 Å². The maximum Gasteiger partial charge on any atom is 0.0958 e. The lowest BCUT2D eigenvalue weighted by atomic mass is 10.1. The normalized spacial score (nSPS) is 12.9. The Morgan fingerprint density at radius 2 is 2.38 bits per heavy atom. The molecule has 0 bridgehead atoms. The van der Waals surface area contributed by atoms with Crippen LogP contribution in [0.4, 0.5) is 0 Å². The largest absolute Gasteiger partial charge is 0.305 e. The van der Waals surface area contributed by atoms with Crippen molar-refractivity contribution >= 4 is 23.1 Å². The molecule has 0 saturated heterocycles. The average Bonchev–Trinajstić information content (AvgIpc) is 2.91. The summed E-state index contributed by atoms with van der Waals surface area (Å²) in [6.07, 6.45) is 2.98. The molecule has 1 unspecified atom stereocenters. The zero-order valence-electron chi connectivity index (χ0n) is 9.43. The molecule has 3 nitrogen and oxygen atoms in total. The molecule has 0 saturated carbocycles. The smallest absolute Gasteiger partial charge is 0.0958 e. The van der Waals surface area contributed by atoms with Crippen LogP contribution in [0.25, 0.3) is 0 Å². The first-order chi connectivity index (χ1) is 7.83. The molecule has 0 aliphatic heterocycles. The van der Waals surface area contributed by atoms with Crippen molar-refractivity contribution in [1.29, 1.82) is 0 Å². The molecular formula is C11H15N3S2. The highest BCUT2D eigenvalue weighted by molar-refractivity contribution is 7.10.